The lowest BCUT2D eigenvalue weighted by Gasteiger charge is -2.18. The second kappa shape index (κ2) is 4.97. The van der Waals surface area contributed by atoms with Gasteiger partial charge in [0.2, 0.25) is 11.8 Å². The number of nitrogens with two attached hydrogens (primary N) is 1. The van der Waals surface area contributed by atoms with Crippen molar-refractivity contribution in [2.24, 2.45) is 0 Å². The largest absolute Gasteiger partial charge is 0.397 e. The second-order valence-electron chi connectivity index (χ2n) is 4.44. The molecule has 1 fully saturated rings. The van der Waals surface area contributed by atoms with Gasteiger partial charge in [0.25, 0.3) is 0 Å². The van der Waals surface area contributed by atoms with Gasteiger partial charge in [0.1, 0.15) is 0 Å². The fourth-order valence-corrected chi connectivity index (χ4v) is 2.86. The van der Waals surface area contributed by atoms with Crippen LogP contribution in [0.4, 0.5) is 5.69 Å². The van der Waals surface area contributed by atoms with Crippen molar-refractivity contribution < 1.29 is 9.59 Å². The minimum absolute atomic E-state index is 0.0880. The molecule has 1 aliphatic rings. The number of nitrogens with zero attached hydrogens (tertiary/aromatic N) is 2. The number of thioether (sulfide) groups is 1. The van der Waals surface area contributed by atoms with Crippen LogP contribution in [0.15, 0.2) is 23.4 Å². The number of nitrogen functional groups attached to an aromatic ring is 1. The fraction of sp³-hybridized carbons (Fsp3) is 0.417. The first-order valence-electron chi connectivity index (χ1n) is 5.73. The highest BCUT2D eigenvalue weighted by atomic mass is 32.2. The molecule has 0 saturated carbocycles. The number of imide groups is 1. The van der Waals surface area contributed by atoms with Crippen molar-refractivity contribution in [3.05, 3.63) is 18.3 Å². The molecule has 2 rings (SSSR count). The highest BCUT2D eigenvalue weighted by Gasteiger charge is 2.40. The first kappa shape index (κ1) is 12.9. The van der Waals surface area contributed by atoms with Crippen LogP contribution in [0.25, 0.3) is 0 Å². The first-order chi connectivity index (χ1) is 8.49. The molecule has 1 saturated heterocycles. The van der Waals surface area contributed by atoms with E-state index in [9.17, 15) is 9.59 Å². The Labute approximate surface area is 110 Å². The normalized spacial score (nSPS) is 19.9. The molecule has 6 heteroatoms. The van der Waals surface area contributed by atoms with Crippen molar-refractivity contribution in [1.29, 1.82) is 0 Å². The van der Waals surface area contributed by atoms with Gasteiger partial charge in [-0.2, -0.15) is 0 Å². The monoisotopic (exact) mass is 265 g/mol. The van der Waals surface area contributed by atoms with Crippen LogP contribution in [0, 0.1) is 0 Å². The van der Waals surface area contributed by atoms with Crippen molar-refractivity contribution in [3.8, 4) is 0 Å². The van der Waals surface area contributed by atoms with Crippen LogP contribution >= 0.6 is 11.8 Å². The Morgan fingerprint density at radius 3 is 2.67 bits per heavy atom. The predicted octanol–water partition coefficient (Wildman–Crippen LogP) is 1.29. The summed E-state index contributed by atoms with van der Waals surface area (Å²) in [6, 6.07) is 3.40. The van der Waals surface area contributed by atoms with Crippen LogP contribution in [-0.2, 0) is 9.59 Å². The quantitative estimate of drug-likeness (QED) is 0.833. The summed E-state index contributed by atoms with van der Waals surface area (Å²) in [6.45, 7) is 3.68. The highest BCUT2D eigenvalue weighted by molar-refractivity contribution is 8.00. The Hall–Kier alpha value is -1.56. The number of amides is 2. The van der Waals surface area contributed by atoms with Crippen molar-refractivity contribution in [3.63, 3.8) is 0 Å². The third-order valence-corrected chi connectivity index (χ3v) is 3.82. The van der Waals surface area contributed by atoms with Gasteiger partial charge in [-0.1, -0.05) is 11.8 Å². The number of likely N-dealkylation sites (tertiary alicyclic amines) is 1. The van der Waals surface area contributed by atoms with Gasteiger partial charge < -0.3 is 5.73 Å². The van der Waals surface area contributed by atoms with Gasteiger partial charge in [0.05, 0.1) is 22.2 Å². The standard InChI is InChI=1S/C12H15N3O2S/c1-7(2)15-11(16)5-9(12(15)17)18-10-4-3-8(13)6-14-10/h3-4,6-7,9H,5,13H2,1-2H3. The fourth-order valence-electron chi connectivity index (χ4n) is 1.86. The summed E-state index contributed by atoms with van der Waals surface area (Å²) in [6.07, 6.45) is 1.79. The molecule has 0 aromatic carbocycles. The smallest absolute Gasteiger partial charge is 0.243 e. The zero-order chi connectivity index (χ0) is 13.3. The highest BCUT2D eigenvalue weighted by Crippen LogP contribution is 2.31. The van der Waals surface area contributed by atoms with Crippen LogP contribution in [-0.4, -0.2) is 33.0 Å². The van der Waals surface area contributed by atoms with Gasteiger partial charge in [0, 0.05) is 12.5 Å². The lowest BCUT2D eigenvalue weighted by molar-refractivity contribution is -0.140. The number of anilines is 1. The molecule has 18 heavy (non-hydrogen) atoms. The third-order valence-electron chi connectivity index (χ3n) is 2.68. The molecule has 0 aliphatic carbocycles. The summed E-state index contributed by atoms with van der Waals surface area (Å²) < 4.78 is 0. The molecule has 0 spiro atoms. The Bertz CT molecular complexity index is 473. The number of hydrogen-bond donors (Lipinski definition) is 1. The van der Waals surface area contributed by atoms with E-state index in [0.29, 0.717) is 10.7 Å². The lowest BCUT2D eigenvalue weighted by Crippen LogP contribution is -2.37. The molecule has 1 aromatic heterocycles. The summed E-state index contributed by atoms with van der Waals surface area (Å²) in [5, 5.41) is 0.344. The van der Waals surface area contributed by atoms with E-state index in [4.69, 9.17) is 5.73 Å². The zero-order valence-corrected chi connectivity index (χ0v) is 11.1. The maximum Gasteiger partial charge on any atom is 0.243 e. The van der Waals surface area contributed by atoms with E-state index in [0.717, 1.165) is 0 Å². The lowest BCUT2D eigenvalue weighted by atomic mass is 10.3. The molecule has 0 radical (unpaired) electrons. The van der Waals surface area contributed by atoms with Crippen molar-refractivity contribution in [2.75, 3.05) is 5.73 Å². The summed E-state index contributed by atoms with van der Waals surface area (Å²) >= 11 is 1.31. The molecule has 96 valence electrons. The first-order valence-corrected chi connectivity index (χ1v) is 6.61. The number of carbonyl (C=O) groups is 2. The third kappa shape index (κ3) is 2.48. The molecular weight excluding hydrogens is 250 g/mol. The van der Waals surface area contributed by atoms with Crippen LogP contribution in [0.3, 0.4) is 0 Å². The van der Waals surface area contributed by atoms with Crippen LogP contribution in [0.5, 0.6) is 0 Å². The van der Waals surface area contributed by atoms with Gasteiger partial charge >= 0.3 is 0 Å². The van der Waals surface area contributed by atoms with Crippen molar-refractivity contribution >= 4 is 29.3 Å². The molecule has 2 N–H and O–H groups in total. The Morgan fingerprint density at radius 2 is 2.17 bits per heavy atom. The van der Waals surface area contributed by atoms with Crippen LogP contribution < -0.4 is 5.73 Å². The number of aromatic nitrogens is 1. The number of carbonyl (C=O) groups excluding carboxylic acids is 2. The molecule has 2 amide bonds. The molecule has 0 bridgehead atoms. The average molecular weight is 265 g/mol. The minimum Gasteiger partial charge on any atom is -0.397 e. The minimum atomic E-state index is -0.365. The molecule has 1 atom stereocenters. The molecule has 1 aliphatic heterocycles. The molecule has 1 aromatic rings. The summed E-state index contributed by atoms with van der Waals surface area (Å²) in [5.74, 6) is -0.235. The number of rotatable bonds is 3. The Kier molecular flexibility index (Phi) is 3.56. The summed E-state index contributed by atoms with van der Waals surface area (Å²) in [7, 11) is 0. The van der Waals surface area contributed by atoms with Gasteiger partial charge in [-0.05, 0) is 26.0 Å². The predicted molar refractivity (Wildman–Crippen MR) is 69.9 cm³/mol. The zero-order valence-electron chi connectivity index (χ0n) is 10.3. The Morgan fingerprint density at radius 1 is 1.44 bits per heavy atom. The molecular formula is C12H15N3O2S. The molecule has 1 unspecified atom stereocenters. The second-order valence-corrected chi connectivity index (χ2v) is 5.66. The van der Waals surface area contributed by atoms with Crippen molar-refractivity contribution in [2.45, 2.75) is 36.6 Å². The van der Waals surface area contributed by atoms with Gasteiger partial charge in [-0.3, -0.25) is 14.5 Å². The summed E-state index contributed by atoms with van der Waals surface area (Å²) in [4.78, 5) is 29.2. The topological polar surface area (TPSA) is 76.3 Å². The van der Waals surface area contributed by atoms with E-state index < -0.39 is 0 Å². The number of pyridine rings is 1. The molecule has 5 nitrogen and oxygen atoms in total. The van der Waals surface area contributed by atoms with Gasteiger partial charge in [-0.15, -0.1) is 0 Å². The Balaban J connectivity index is 2.10. The van der Waals surface area contributed by atoms with Crippen molar-refractivity contribution in [1.82, 2.24) is 9.88 Å². The van der Waals surface area contributed by atoms with E-state index in [-0.39, 0.29) is 29.5 Å². The van der Waals surface area contributed by atoms with Crippen LogP contribution in [0.1, 0.15) is 20.3 Å². The van der Waals surface area contributed by atoms with Gasteiger partial charge in [0.15, 0.2) is 0 Å². The van der Waals surface area contributed by atoms with E-state index in [1.807, 2.05) is 13.8 Å². The van der Waals surface area contributed by atoms with E-state index in [2.05, 4.69) is 4.98 Å². The number of hydrogen-bond acceptors (Lipinski definition) is 5. The van der Waals surface area contributed by atoms with E-state index >= 15 is 0 Å². The SMILES string of the molecule is CC(C)N1C(=O)CC(Sc2ccc(N)cn2)C1=O. The maximum absolute atomic E-state index is 12.1. The van der Waals surface area contributed by atoms with Crippen LogP contribution in [0.2, 0.25) is 0 Å². The van der Waals surface area contributed by atoms with E-state index in [1.54, 1.807) is 18.3 Å². The molecule has 2 heterocycles. The van der Waals surface area contributed by atoms with E-state index in [1.165, 1.54) is 16.7 Å². The van der Waals surface area contributed by atoms with Gasteiger partial charge in [-0.25, -0.2) is 4.98 Å². The maximum atomic E-state index is 12.1. The average Bonchev–Trinajstić information content (AvgIpc) is 2.57. The summed E-state index contributed by atoms with van der Waals surface area (Å²) in [5.41, 5.74) is 6.13.